The van der Waals surface area contributed by atoms with Crippen molar-refractivity contribution >= 4 is 34.2 Å². The number of aromatic amines is 1. The lowest BCUT2D eigenvalue weighted by Crippen LogP contribution is -2.02. The van der Waals surface area contributed by atoms with E-state index in [9.17, 15) is 4.79 Å². The summed E-state index contributed by atoms with van der Waals surface area (Å²) in [6, 6.07) is 1.45. The van der Waals surface area contributed by atoms with E-state index in [1.54, 1.807) is 0 Å². The van der Waals surface area contributed by atoms with Gasteiger partial charge in [-0.2, -0.15) is 0 Å². The Balaban J connectivity index is 3.34. The highest BCUT2D eigenvalue weighted by Gasteiger charge is 1.93. The van der Waals surface area contributed by atoms with Gasteiger partial charge in [0.1, 0.15) is 0 Å². The summed E-state index contributed by atoms with van der Waals surface area (Å²) in [4.78, 5) is 13.0. The maximum atomic E-state index is 10.5. The number of aromatic nitrogens is 1. The normalized spacial score (nSPS) is 9.56. The lowest BCUT2D eigenvalue weighted by Gasteiger charge is -1.89. The van der Waals surface area contributed by atoms with E-state index in [0.29, 0.717) is 5.02 Å². The lowest BCUT2D eigenvalue weighted by atomic mass is 10.5. The topological polar surface area (TPSA) is 32.9 Å². The zero-order valence-electron chi connectivity index (χ0n) is 4.32. The number of halogens is 2. The summed E-state index contributed by atoms with van der Waals surface area (Å²) in [6.07, 6.45) is 1.48. The molecule has 0 aliphatic carbocycles. The molecule has 0 unspecified atom stereocenters. The van der Waals surface area contributed by atoms with E-state index in [1.807, 2.05) is 22.6 Å². The average Bonchev–Trinajstić information content (AvgIpc) is 1.80. The van der Waals surface area contributed by atoms with Crippen LogP contribution in [0.25, 0.3) is 0 Å². The summed E-state index contributed by atoms with van der Waals surface area (Å²) in [7, 11) is 0. The largest absolute Gasteiger partial charge is 0.328 e. The number of hydrogen-bond donors (Lipinski definition) is 1. The molecule has 0 saturated heterocycles. The zero-order valence-corrected chi connectivity index (χ0v) is 7.23. The van der Waals surface area contributed by atoms with Crippen LogP contribution in [0, 0.1) is 3.57 Å². The fourth-order valence-corrected chi connectivity index (χ4v) is 0.977. The van der Waals surface area contributed by atoms with Crippen LogP contribution in [0.5, 0.6) is 0 Å². The third-order valence-corrected chi connectivity index (χ3v) is 2.35. The Hall–Kier alpha value is -0.0300. The first-order valence-corrected chi connectivity index (χ1v) is 3.69. The van der Waals surface area contributed by atoms with Crippen molar-refractivity contribution in [1.82, 2.24) is 4.98 Å². The molecule has 1 rings (SSSR count). The van der Waals surface area contributed by atoms with Crippen LogP contribution in [-0.4, -0.2) is 4.98 Å². The molecule has 0 spiro atoms. The van der Waals surface area contributed by atoms with Gasteiger partial charge in [-0.15, -0.1) is 0 Å². The fourth-order valence-electron chi connectivity index (χ4n) is 0.429. The Bertz CT molecular complexity index is 270. The SMILES string of the molecule is O=c1cc(I)c(Cl)c[nH]1. The molecule has 1 aromatic heterocycles. The molecule has 0 aliphatic heterocycles. The van der Waals surface area contributed by atoms with Crippen LogP contribution >= 0.6 is 34.2 Å². The Morgan fingerprint density at radius 2 is 2.33 bits per heavy atom. The van der Waals surface area contributed by atoms with Crippen molar-refractivity contribution in [2.75, 3.05) is 0 Å². The third kappa shape index (κ3) is 1.69. The quantitative estimate of drug-likeness (QED) is 0.702. The zero-order chi connectivity index (χ0) is 6.85. The van der Waals surface area contributed by atoms with Crippen molar-refractivity contribution in [3.63, 3.8) is 0 Å². The molecular weight excluding hydrogens is 252 g/mol. The van der Waals surface area contributed by atoms with Crippen LogP contribution in [-0.2, 0) is 0 Å². The number of hydrogen-bond acceptors (Lipinski definition) is 1. The maximum absolute atomic E-state index is 10.5. The lowest BCUT2D eigenvalue weighted by molar-refractivity contribution is 1.23. The highest BCUT2D eigenvalue weighted by atomic mass is 127. The van der Waals surface area contributed by atoms with Crippen LogP contribution < -0.4 is 5.56 Å². The monoisotopic (exact) mass is 255 g/mol. The van der Waals surface area contributed by atoms with Crippen LogP contribution in [0.1, 0.15) is 0 Å². The molecule has 9 heavy (non-hydrogen) atoms. The van der Waals surface area contributed by atoms with E-state index in [-0.39, 0.29) is 5.56 Å². The smallest absolute Gasteiger partial charge is 0.249 e. The number of pyridine rings is 1. The molecule has 4 heteroatoms. The summed E-state index contributed by atoms with van der Waals surface area (Å²) in [5.74, 6) is 0. The second kappa shape index (κ2) is 2.70. The summed E-state index contributed by atoms with van der Waals surface area (Å²) >= 11 is 7.60. The summed E-state index contributed by atoms with van der Waals surface area (Å²) < 4.78 is 0.776. The molecular formula is C5H3ClINO. The third-order valence-electron chi connectivity index (χ3n) is 0.827. The van der Waals surface area contributed by atoms with Crippen LogP contribution in [0.4, 0.5) is 0 Å². The van der Waals surface area contributed by atoms with Crippen LogP contribution in [0.2, 0.25) is 5.02 Å². The fraction of sp³-hybridized carbons (Fsp3) is 0. The first-order chi connectivity index (χ1) is 4.20. The van der Waals surface area contributed by atoms with Gasteiger partial charge in [0.2, 0.25) is 5.56 Å². The molecule has 0 fully saturated rings. The molecule has 0 aliphatic rings. The van der Waals surface area contributed by atoms with Gasteiger partial charge < -0.3 is 4.98 Å². The molecule has 2 nitrogen and oxygen atoms in total. The van der Waals surface area contributed by atoms with Gasteiger partial charge in [0.15, 0.2) is 0 Å². The molecule has 1 heterocycles. The van der Waals surface area contributed by atoms with Gasteiger partial charge in [-0.1, -0.05) is 11.6 Å². The van der Waals surface area contributed by atoms with Gasteiger partial charge in [-0.05, 0) is 22.6 Å². The average molecular weight is 255 g/mol. The van der Waals surface area contributed by atoms with Crippen molar-refractivity contribution in [3.05, 3.63) is 31.2 Å². The van der Waals surface area contributed by atoms with E-state index in [1.165, 1.54) is 12.3 Å². The van der Waals surface area contributed by atoms with Crippen molar-refractivity contribution in [3.8, 4) is 0 Å². The van der Waals surface area contributed by atoms with Gasteiger partial charge >= 0.3 is 0 Å². The molecule has 0 aromatic carbocycles. The van der Waals surface area contributed by atoms with Gasteiger partial charge in [0, 0.05) is 15.8 Å². The van der Waals surface area contributed by atoms with Gasteiger partial charge in [0.25, 0.3) is 0 Å². The standard InChI is InChI=1S/C5H3ClINO/c6-3-2-8-5(9)1-4(3)7/h1-2H,(H,8,9). The minimum absolute atomic E-state index is 0.121. The number of rotatable bonds is 0. The maximum Gasteiger partial charge on any atom is 0.249 e. The Morgan fingerprint density at radius 1 is 1.67 bits per heavy atom. The second-order valence-electron chi connectivity index (χ2n) is 1.49. The predicted octanol–water partition coefficient (Wildman–Crippen LogP) is 1.63. The molecule has 0 bridgehead atoms. The molecule has 0 amide bonds. The van der Waals surface area contributed by atoms with E-state index in [2.05, 4.69) is 4.98 Å². The van der Waals surface area contributed by atoms with Crippen molar-refractivity contribution in [2.45, 2.75) is 0 Å². The Kier molecular flexibility index (Phi) is 2.13. The molecule has 1 N–H and O–H groups in total. The van der Waals surface area contributed by atoms with Gasteiger partial charge in [-0.25, -0.2) is 0 Å². The summed E-state index contributed by atoms with van der Waals surface area (Å²) in [5, 5.41) is 0.579. The molecule has 0 atom stereocenters. The molecule has 48 valence electrons. The van der Waals surface area contributed by atoms with E-state index >= 15 is 0 Å². The van der Waals surface area contributed by atoms with E-state index < -0.39 is 0 Å². The Labute approximate surface area is 70.4 Å². The van der Waals surface area contributed by atoms with Crippen LogP contribution in [0.3, 0.4) is 0 Å². The highest BCUT2D eigenvalue weighted by Crippen LogP contribution is 2.12. The second-order valence-corrected chi connectivity index (χ2v) is 3.06. The van der Waals surface area contributed by atoms with Crippen molar-refractivity contribution < 1.29 is 0 Å². The molecule has 0 saturated carbocycles. The predicted molar refractivity (Wildman–Crippen MR) is 44.8 cm³/mol. The van der Waals surface area contributed by atoms with Gasteiger partial charge in [-0.3, -0.25) is 4.79 Å². The Morgan fingerprint density at radius 3 is 2.78 bits per heavy atom. The summed E-state index contributed by atoms with van der Waals surface area (Å²) in [6.45, 7) is 0. The number of nitrogens with one attached hydrogen (secondary N) is 1. The molecule has 0 radical (unpaired) electrons. The highest BCUT2D eigenvalue weighted by molar-refractivity contribution is 14.1. The first-order valence-electron chi connectivity index (χ1n) is 2.24. The minimum Gasteiger partial charge on any atom is -0.328 e. The van der Waals surface area contributed by atoms with Crippen molar-refractivity contribution in [2.24, 2.45) is 0 Å². The van der Waals surface area contributed by atoms with E-state index in [4.69, 9.17) is 11.6 Å². The summed E-state index contributed by atoms with van der Waals surface area (Å²) in [5.41, 5.74) is -0.121. The van der Waals surface area contributed by atoms with Crippen LogP contribution in [0.15, 0.2) is 17.1 Å². The first kappa shape index (κ1) is 7.08. The number of H-pyrrole nitrogens is 1. The van der Waals surface area contributed by atoms with Gasteiger partial charge in [0.05, 0.1) is 5.02 Å². The van der Waals surface area contributed by atoms with E-state index in [0.717, 1.165) is 3.57 Å². The minimum atomic E-state index is -0.121. The van der Waals surface area contributed by atoms with Crippen molar-refractivity contribution in [1.29, 1.82) is 0 Å². The molecule has 1 aromatic rings.